The van der Waals surface area contributed by atoms with Gasteiger partial charge in [-0.2, -0.15) is 0 Å². The number of likely N-dealkylation sites (tertiary alicyclic amines) is 1. The van der Waals surface area contributed by atoms with E-state index < -0.39 is 5.97 Å². The summed E-state index contributed by atoms with van der Waals surface area (Å²) in [5.74, 6) is -0.292. The first kappa shape index (κ1) is 10.5. The molecule has 1 aliphatic heterocycles. The third kappa shape index (κ3) is 2.69. The second kappa shape index (κ2) is 4.61. The predicted molar refractivity (Wildman–Crippen MR) is 51.7 cm³/mol. The molecule has 0 aromatic heterocycles. The van der Waals surface area contributed by atoms with Crippen molar-refractivity contribution in [3.05, 3.63) is 0 Å². The van der Waals surface area contributed by atoms with Gasteiger partial charge in [0.25, 0.3) is 0 Å². The van der Waals surface area contributed by atoms with E-state index in [9.17, 15) is 4.79 Å². The zero-order valence-corrected chi connectivity index (χ0v) is 8.49. The molecule has 0 aromatic carbocycles. The fourth-order valence-corrected chi connectivity index (χ4v) is 2.43. The van der Waals surface area contributed by atoms with Gasteiger partial charge in [0, 0.05) is 12.5 Å². The van der Waals surface area contributed by atoms with Crippen molar-refractivity contribution >= 4 is 5.97 Å². The maximum atomic E-state index is 10.6. The Hall–Kier alpha value is -0.570. The minimum absolute atomic E-state index is 0.336. The molecule has 0 aliphatic carbocycles. The lowest BCUT2D eigenvalue weighted by atomic mass is 9.85. The molecule has 0 bridgehead atoms. The average Bonchev–Trinajstić information content (AvgIpc) is 2.03. The molecule has 1 heterocycles. The minimum atomic E-state index is -0.654. The Kier molecular flexibility index (Phi) is 3.72. The van der Waals surface area contributed by atoms with Gasteiger partial charge in [0.2, 0.25) is 0 Å². The van der Waals surface area contributed by atoms with Gasteiger partial charge in [0.15, 0.2) is 0 Å². The number of nitrogens with zero attached hydrogens (tertiary/aromatic N) is 1. The van der Waals surface area contributed by atoms with Gasteiger partial charge in [-0.3, -0.25) is 4.79 Å². The first-order chi connectivity index (χ1) is 6.15. The topological polar surface area (TPSA) is 40.5 Å². The van der Waals surface area contributed by atoms with Crippen molar-refractivity contribution in [1.29, 1.82) is 0 Å². The van der Waals surface area contributed by atoms with Crippen molar-refractivity contribution in [2.75, 3.05) is 13.6 Å². The van der Waals surface area contributed by atoms with Gasteiger partial charge in [-0.15, -0.1) is 0 Å². The third-order valence-corrected chi connectivity index (χ3v) is 3.05. The van der Waals surface area contributed by atoms with E-state index in [0.717, 1.165) is 25.8 Å². The highest BCUT2D eigenvalue weighted by Gasteiger charge is 2.28. The van der Waals surface area contributed by atoms with E-state index in [2.05, 4.69) is 18.9 Å². The van der Waals surface area contributed by atoms with E-state index in [4.69, 9.17) is 5.11 Å². The summed E-state index contributed by atoms with van der Waals surface area (Å²) in [7, 11) is 2.10. The molecule has 1 aliphatic rings. The molecule has 0 amide bonds. The highest BCUT2D eigenvalue weighted by Crippen LogP contribution is 2.27. The molecule has 3 heteroatoms. The average molecular weight is 185 g/mol. The standard InChI is InChI=1S/C10H19NO2/c1-3-9-8(7-10(12)13)5-4-6-11(9)2/h8-9H,3-7H2,1-2H3,(H,12,13). The molecule has 3 nitrogen and oxygen atoms in total. The van der Waals surface area contributed by atoms with E-state index in [1.165, 1.54) is 0 Å². The maximum absolute atomic E-state index is 10.6. The Labute approximate surface area is 79.7 Å². The molecule has 1 N–H and O–H groups in total. The molecule has 13 heavy (non-hydrogen) atoms. The Morgan fingerprint density at radius 2 is 2.31 bits per heavy atom. The summed E-state index contributed by atoms with van der Waals surface area (Å²) in [4.78, 5) is 12.9. The monoisotopic (exact) mass is 185 g/mol. The molecule has 1 fully saturated rings. The summed E-state index contributed by atoms with van der Waals surface area (Å²) < 4.78 is 0. The van der Waals surface area contributed by atoms with Crippen molar-refractivity contribution in [2.45, 2.75) is 38.6 Å². The second-order valence-corrected chi connectivity index (χ2v) is 3.96. The molecule has 1 saturated heterocycles. The Balaban J connectivity index is 2.53. The molecular formula is C10H19NO2. The normalized spacial score (nSPS) is 30.3. The molecule has 0 spiro atoms. The number of piperidine rings is 1. The predicted octanol–water partition coefficient (Wildman–Crippen LogP) is 1.58. The molecule has 0 aromatic rings. The summed E-state index contributed by atoms with van der Waals surface area (Å²) in [6, 6.07) is 0.477. The van der Waals surface area contributed by atoms with Crippen LogP contribution in [0, 0.1) is 5.92 Å². The Morgan fingerprint density at radius 3 is 2.85 bits per heavy atom. The summed E-state index contributed by atoms with van der Waals surface area (Å²) in [6.07, 6.45) is 3.62. The number of hydrogen-bond donors (Lipinski definition) is 1. The molecule has 2 unspecified atom stereocenters. The van der Waals surface area contributed by atoms with Crippen molar-refractivity contribution in [3.63, 3.8) is 0 Å². The number of carbonyl (C=O) groups is 1. The number of carboxylic acids is 1. The van der Waals surface area contributed by atoms with Crippen LogP contribution in [0.2, 0.25) is 0 Å². The van der Waals surface area contributed by atoms with Crippen molar-refractivity contribution in [3.8, 4) is 0 Å². The zero-order chi connectivity index (χ0) is 9.84. The molecule has 2 atom stereocenters. The number of aliphatic carboxylic acids is 1. The van der Waals surface area contributed by atoms with Crippen LogP contribution in [0.4, 0.5) is 0 Å². The Morgan fingerprint density at radius 1 is 1.62 bits per heavy atom. The van der Waals surface area contributed by atoms with Crippen LogP contribution in [0.3, 0.4) is 0 Å². The van der Waals surface area contributed by atoms with Crippen LogP contribution < -0.4 is 0 Å². The highest BCUT2D eigenvalue weighted by atomic mass is 16.4. The van der Waals surface area contributed by atoms with Crippen LogP contribution in [-0.2, 0) is 4.79 Å². The minimum Gasteiger partial charge on any atom is -0.481 e. The lowest BCUT2D eigenvalue weighted by Gasteiger charge is -2.38. The number of carboxylic acid groups (broad SMARTS) is 1. The van der Waals surface area contributed by atoms with Crippen molar-refractivity contribution < 1.29 is 9.90 Å². The van der Waals surface area contributed by atoms with Gasteiger partial charge in [0.05, 0.1) is 0 Å². The van der Waals surface area contributed by atoms with Crippen molar-refractivity contribution in [1.82, 2.24) is 4.90 Å². The van der Waals surface area contributed by atoms with Crippen molar-refractivity contribution in [2.24, 2.45) is 5.92 Å². The zero-order valence-electron chi connectivity index (χ0n) is 8.49. The fraction of sp³-hybridized carbons (Fsp3) is 0.900. The molecule has 76 valence electrons. The highest BCUT2D eigenvalue weighted by molar-refractivity contribution is 5.67. The van der Waals surface area contributed by atoms with Gasteiger partial charge in [-0.1, -0.05) is 6.92 Å². The van der Waals surface area contributed by atoms with Crippen LogP contribution >= 0.6 is 0 Å². The smallest absolute Gasteiger partial charge is 0.303 e. The second-order valence-electron chi connectivity index (χ2n) is 3.96. The Bertz CT molecular complexity index is 182. The SMILES string of the molecule is CCC1C(CC(=O)O)CCCN1C. The lowest BCUT2D eigenvalue weighted by molar-refractivity contribution is -0.139. The first-order valence-electron chi connectivity index (χ1n) is 5.07. The summed E-state index contributed by atoms with van der Waals surface area (Å²) in [5.41, 5.74) is 0. The maximum Gasteiger partial charge on any atom is 0.303 e. The molecular weight excluding hydrogens is 166 g/mol. The summed E-state index contributed by atoms with van der Waals surface area (Å²) in [6.45, 7) is 3.26. The molecule has 0 radical (unpaired) electrons. The molecule has 0 saturated carbocycles. The summed E-state index contributed by atoms with van der Waals surface area (Å²) in [5, 5.41) is 8.75. The van der Waals surface area contributed by atoms with Crippen LogP contribution in [0.25, 0.3) is 0 Å². The number of rotatable bonds is 3. The van der Waals surface area contributed by atoms with E-state index in [-0.39, 0.29) is 0 Å². The van der Waals surface area contributed by atoms with E-state index in [0.29, 0.717) is 18.4 Å². The van der Waals surface area contributed by atoms with Crippen LogP contribution in [0.1, 0.15) is 32.6 Å². The van der Waals surface area contributed by atoms with E-state index >= 15 is 0 Å². The quantitative estimate of drug-likeness (QED) is 0.725. The number of hydrogen-bond acceptors (Lipinski definition) is 2. The third-order valence-electron chi connectivity index (χ3n) is 3.05. The van der Waals surface area contributed by atoms with Gasteiger partial charge in [-0.05, 0) is 38.8 Å². The largest absolute Gasteiger partial charge is 0.481 e. The summed E-state index contributed by atoms with van der Waals surface area (Å²) >= 11 is 0. The lowest BCUT2D eigenvalue weighted by Crippen LogP contribution is -2.43. The van der Waals surface area contributed by atoms with Crippen LogP contribution in [-0.4, -0.2) is 35.6 Å². The van der Waals surface area contributed by atoms with E-state index in [1.54, 1.807) is 0 Å². The first-order valence-corrected chi connectivity index (χ1v) is 5.07. The van der Waals surface area contributed by atoms with E-state index in [1.807, 2.05) is 0 Å². The fourth-order valence-electron chi connectivity index (χ4n) is 2.43. The molecule has 1 rings (SSSR count). The van der Waals surface area contributed by atoms with Gasteiger partial charge in [-0.25, -0.2) is 0 Å². The van der Waals surface area contributed by atoms with Gasteiger partial charge < -0.3 is 10.0 Å². The van der Waals surface area contributed by atoms with Gasteiger partial charge >= 0.3 is 5.97 Å². The van der Waals surface area contributed by atoms with Crippen LogP contribution in [0.5, 0.6) is 0 Å². The van der Waals surface area contributed by atoms with Gasteiger partial charge in [0.1, 0.15) is 0 Å². The van der Waals surface area contributed by atoms with Crippen LogP contribution in [0.15, 0.2) is 0 Å².